The van der Waals surface area contributed by atoms with E-state index in [1.54, 1.807) is 45.4 Å². The van der Waals surface area contributed by atoms with Crippen molar-refractivity contribution in [3.63, 3.8) is 0 Å². The van der Waals surface area contributed by atoms with Crippen molar-refractivity contribution in [3.05, 3.63) is 78.8 Å². The van der Waals surface area contributed by atoms with Crippen molar-refractivity contribution in [2.24, 2.45) is 0 Å². The second kappa shape index (κ2) is 9.84. The number of rotatable bonds is 6. The van der Waals surface area contributed by atoms with Gasteiger partial charge in [-0.2, -0.15) is 0 Å². The molecule has 2 aromatic heterocycles. The van der Waals surface area contributed by atoms with Crippen molar-refractivity contribution in [2.45, 2.75) is 38.8 Å². The predicted molar refractivity (Wildman–Crippen MR) is 119 cm³/mol. The largest absolute Gasteiger partial charge is 0.444 e. The van der Waals surface area contributed by atoms with Crippen molar-refractivity contribution in [1.29, 1.82) is 0 Å². The van der Waals surface area contributed by atoms with E-state index in [0.29, 0.717) is 12.2 Å². The van der Waals surface area contributed by atoms with E-state index in [1.165, 1.54) is 0 Å². The van der Waals surface area contributed by atoms with Crippen LogP contribution in [0.25, 0.3) is 11.1 Å². The molecule has 160 valence electrons. The van der Waals surface area contributed by atoms with Gasteiger partial charge in [0.05, 0.1) is 0 Å². The highest BCUT2D eigenvalue weighted by molar-refractivity contribution is 5.96. The van der Waals surface area contributed by atoms with Crippen LogP contribution in [0.3, 0.4) is 0 Å². The first-order valence-electron chi connectivity index (χ1n) is 10.0. The Morgan fingerprint density at radius 1 is 0.968 bits per heavy atom. The van der Waals surface area contributed by atoms with Gasteiger partial charge in [-0.05, 0) is 56.2 Å². The first-order valence-corrected chi connectivity index (χ1v) is 10.0. The number of benzene rings is 1. The third-order valence-electron chi connectivity index (χ3n) is 4.32. The van der Waals surface area contributed by atoms with Gasteiger partial charge in [-0.15, -0.1) is 0 Å². The number of aromatic nitrogens is 2. The van der Waals surface area contributed by atoms with E-state index < -0.39 is 17.7 Å². The van der Waals surface area contributed by atoms with Crippen LogP contribution in [0.1, 0.15) is 26.3 Å². The molecule has 0 aliphatic heterocycles. The zero-order chi connectivity index (χ0) is 22.3. The Bertz CT molecular complexity index is 1000. The van der Waals surface area contributed by atoms with E-state index in [-0.39, 0.29) is 5.91 Å². The molecule has 1 atom stereocenters. The molecule has 31 heavy (non-hydrogen) atoms. The number of pyridine rings is 2. The molecule has 0 saturated heterocycles. The zero-order valence-corrected chi connectivity index (χ0v) is 17.8. The molecule has 0 saturated carbocycles. The van der Waals surface area contributed by atoms with Crippen LogP contribution in [0.5, 0.6) is 0 Å². The number of anilines is 1. The SMILES string of the molecule is CC(C)(C)OC(=O)N[C@@H](Cc1ccccc1)C(=O)Nc1ccc(-c2ccncc2)cn1. The number of nitrogens with zero attached hydrogens (tertiary/aromatic N) is 2. The molecule has 3 rings (SSSR count). The summed E-state index contributed by atoms with van der Waals surface area (Å²) in [6, 6.07) is 16.0. The van der Waals surface area contributed by atoms with E-state index >= 15 is 0 Å². The van der Waals surface area contributed by atoms with Crippen molar-refractivity contribution in [2.75, 3.05) is 5.32 Å². The fourth-order valence-corrected chi connectivity index (χ4v) is 2.91. The number of nitrogens with one attached hydrogen (secondary N) is 2. The fourth-order valence-electron chi connectivity index (χ4n) is 2.91. The molecule has 0 aliphatic carbocycles. The molecule has 0 bridgehead atoms. The van der Waals surface area contributed by atoms with Crippen molar-refractivity contribution < 1.29 is 14.3 Å². The summed E-state index contributed by atoms with van der Waals surface area (Å²) in [6.45, 7) is 5.31. The van der Waals surface area contributed by atoms with Gasteiger partial charge >= 0.3 is 6.09 Å². The molecule has 0 radical (unpaired) electrons. The second-order valence-corrected chi connectivity index (χ2v) is 8.05. The average Bonchev–Trinajstić information content (AvgIpc) is 2.74. The lowest BCUT2D eigenvalue weighted by Crippen LogP contribution is -2.47. The Morgan fingerprint density at radius 3 is 2.29 bits per heavy atom. The summed E-state index contributed by atoms with van der Waals surface area (Å²) in [6.07, 6.45) is 4.77. The Kier molecular flexibility index (Phi) is 6.97. The number of carbonyl (C=O) groups is 2. The molecule has 0 unspecified atom stereocenters. The first-order chi connectivity index (χ1) is 14.8. The van der Waals surface area contributed by atoms with Crippen LogP contribution >= 0.6 is 0 Å². The maximum absolute atomic E-state index is 12.9. The topological polar surface area (TPSA) is 93.2 Å². The molecule has 3 aromatic rings. The van der Waals surface area contributed by atoms with Gasteiger partial charge in [0.25, 0.3) is 0 Å². The quantitative estimate of drug-likeness (QED) is 0.625. The van der Waals surface area contributed by atoms with Crippen LogP contribution in [-0.2, 0) is 16.0 Å². The molecule has 7 heteroatoms. The van der Waals surface area contributed by atoms with Gasteiger partial charge in [-0.25, -0.2) is 9.78 Å². The highest BCUT2D eigenvalue weighted by Gasteiger charge is 2.25. The number of hydrogen-bond acceptors (Lipinski definition) is 5. The first kappa shape index (κ1) is 22.0. The van der Waals surface area contributed by atoms with Crippen molar-refractivity contribution >= 4 is 17.8 Å². The third kappa shape index (κ3) is 6.92. The average molecular weight is 418 g/mol. The number of hydrogen-bond donors (Lipinski definition) is 2. The molecule has 1 aromatic carbocycles. The summed E-state index contributed by atoms with van der Waals surface area (Å²) in [4.78, 5) is 33.6. The molecule has 7 nitrogen and oxygen atoms in total. The fraction of sp³-hybridized carbons (Fsp3) is 0.250. The molecule has 2 heterocycles. The van der Waals surface area contributed by atoms with Gasteiger partial charge in [0.15, 0.2) is 0 Å². The van der Waals surface area contributed by atoms with E-state index in [1.807, 2.05) is 48.5 Å². The standard InChI is InChI=1S/C24H26N4O3/c1-24(2,3)31-23(30)27-20(15-17-7-5-4-6-8-17)22(29)28-21-10-9-19(16-26-21)18-11-13-25-14-12-18/h4-14,16,20H,15H2,1-3H3,(H,27,30)(H,26,28,29)/t20-/m0/s1. The maximum Gasteiger partial charge on any atom is 0.408 e. The van der Waals surface area contributed by atoms with Crippen molar-refractivity contribution in [1.82, 2.24) is 15.3 Å². The van der Waals surface area contributed by atoms with Crippen LogP contribution in [0.4, 0.5) is 10.6 Å². The van der Waals surface area contributed by atoms with Crippen molar-refractivity contribution in [3.8, 4) is 11.1 Å². The van der Waals surface area contributed by atoms with E-state index in [2.05, 4.69) is 20.6 Å². The van der Waals surface area contributed by atoms with E-state index in [4.69, 9.17) is 4.74 Å². The van der Waals surface area contributed by atoms with Gasteiger partial charge in [-0.1, -0.05) is 30.3 Å². The monoisotopic (exact) mass is 418 g/mol. The Hall–Kier alpha value is -3.74. The summed E-state index contributed by atoms with van der Waals surface area (Å²) >= 11 is 0. The van der Waals surface area contributed by atoms with Gasteiger partial charge in [-0.3, -0.25) is 9.78 Å². The lowest BCUT2D eigenvalue weighted by Gasteiger charge is -2.23. The number of ether oxygens (including phenoxy) is 1. The van der Waals surface area contributed by atoms with E-state index in [0.717, 1.165) is 16.7 Å². The summed E-state index contributed by atoms with van der Waals surface area (Å²) in [5.41, 5.74) is 2.14. The summed E-state index contributed by atoms with van der Waals surface area (Å²) < 4.78 is 5.32. The van der Waals surface area contributed by atoms with Crippen LogP contribution in [0.15, 0.2) is 73.2 Å². The maximum atomic E-state index is 12.9. The summed E-state index contributed by atoms with van der Waals surface area (Å²) in [5, 5.41) is 5.45. The number of alkyl carbamates (subject to hydrolysis) is 1. The molecule has 0 aliphatic rings. The molecule has 0 fully saturated rings. The van der Waals surface area contributed by atoms with Gasteiger partial charge in [0, 0.05) is 30.6 Å². The highest BCUT2D eigenvalue weighted by atomic mass is 16.6. The predicted octanol–water partition coefficient (Wildman–Crippen LogP) is 4.22. The highest BCUT2D eigenvalue weighted by Crippen LogP contribution is 2.18. The molecule has 0 spiro atoms. The molecular formula is C24H26N4O3. The Balaban J connectivity index is 1.71. The minimum absolute atomic E-state index is 0.320. The number of carbonyl (C=O) groups excluding carboxylic acids is 2. The van der Waals surface area contributed by atoms with Gasteiger partial charge in [0.2, 0.25) is 5.91 Å². The zero-order valence-electron chi connectivity index (χ0n) is 17.8. The van der Waals surface area contributed by atoms with Crippen LogP contribution < -0.4 is 10.6 Å². The Morgan fingerprint density at radius 2 is 1.68 bits per heavy atom. The molecular weight excluding hydrogens is 392 g/mol. The minimum atomic E-state index is -0.820. The van der Waals surface area contributed by atoms with Crippen LogP contribution in [0, 0.1) is 0 Å². The summed E-state index contributed by atoms with van der Waals surface area (Å²) in [7, 11) is 0. The number of amides is 2. The lowest BCUT2D eigenvalue weighted by molar-refractivity contribution is -0.118. The van der Waals surface area contributed by atoms with Gasteiger partial charge < -0.3 is 15.4 Å². The Labute approximate surface area is 181 Å². The smallest absolute Gasteiger partial charge is 0.408 e. The minimum Gasteiger partial charge on any atom is -0.444 e. The van der Waals surface area contributed by atoms with Crippen LogP contribution in [-0.4, -0.2) is 33.6 Å². The second-order valence-electron chi connectivity index (χ2n) is 8.05. The summed E-state index contributed by atoms with van der Waals surface area (Å²) in [5.74, 6) is 0.0192. The third-order valence-corrected chi connectivity index (χ3v) is 4.32. The van der Waals surface area contributed by atoms with E-state index in [9.17, 15) is 9.59 Å². The molecule has 2 amide bonds. The molecule has 2 N–H and O–H groups in total. The normalized spacial score (nSPS) is 12.0. The van der Waals surface area contributed by atoms with Gasteiger partial charge in [0.1, 0.15) is 17.5 Å². The lowest BCUT2D eigenvalue weighted by atomic mass is 10.1. The van der Waals surface area contributed by atoms with Crippen LogP contribution in [0.2, 0.25) is 0 Å².